The van der Waals surface area contributed by atoms with Crippen molar-refractivity contribution in [1.82, 2.24) is 9.62 Å². The van der Waals surface area contributed by atoms with Crippen LogP contribution in [0.3, 0.4) is 0 Å². The summed E-state index contributed by atoms with van der Waals surface area (Å²) in [6, 6.07) is 24.4. The van der Waals surface area contributed by atoms with E-state index in [4.69, 9.17) is 0 Å². The van der Waals surface area contributed by atoms with E-state index >= 15 is 0 Å². The van der Waals surface area contributed by atoms with E-state index in [0.29, 0.717) is 12.1 Å². The normalized spacial score (nSPS) is 11.4. The molecule has 0 spiro atoms. The third kappa shape index (κ3) is 5.34. The van der Waals surface area contributed by atoms with Gasteiger partial charge in [0.25, 0.3) is 5.91 Å². The molecular weight excluding hydrogens is 396 g/mol. The lowest BCUT2D eigenvalue weighted by Crippen LogP contribution is -2.24. The fourth-order valence-corrected chi connectivity index (χ4v) is 4.05. The first-order chi connectivity index (χ1) is 14.4. The summed E-state index contributed by atoms with van der Waals surface area (Å²) < 4.78 is 25.5. The summed E-state index contributed by atoms with van der Waals surface area (Å²) in [5.41, 5.74) is 3.75. The summed E-state index contributed by atoms with van der Waals surface area (Å²) in [6.07, 6.45) is 1.65. The Balaban J connectivity index is 1.64. The van der Waals surface area contributed by atoms with E-state index < -0.39 is 10.0 Å². The Morgan fingerprint density at radius 2 is 1.43 bits per heavy atom. The predicted octanol–water partition coefficient (Wildman–Crippen LogP) is 3.65. The third-order valence-electron chi connectivity index (χ3n) is 4.94. The van der Waals surface area contributed by atoms with Gasteiger partial charge in [0.2, 0.25) is 10.0 Å². The average Bonchev–Trinajstić information content (AvgIpc) is 2.77. The van der Waals surface area contributed by atoms with Crippen molar-refractivity contribution in [3.8, 4) is 0 Å². The van der Waals surface area contributed by atoms with Gasteiger partial charge in [-0.3, -0.25) is 4.79 Å². The Bertz CT molecular complexity index is 1090. The molecule has 156 valence electrons. The van der Waals surface area contributed by atoms with Crippen LogP contribution in [0.15, 0.2) is 83.8 Å². The molecule has 0 aliphatic heterocycles. The van der Waals surface area contributed by atoms with Crippen LogP contribution in [0.5, 0.6) is 0 Å². The van der Waals surface area contributed by atoms with Gasteiger partial charge in [-0.15, -0.1) is 0 Å². The molecule has 0 saturated carbocycles. The largest absolute Gasteiger partial charge is 0.348 e. The SMILES string of the molecule is CN(C)S(=O)(=O)c1ccc(CNC(=O)c2ccccc2CCc2ccccc2)cc1. The Hall–Kier alpha value is -2.96. The van der Waals surface area contributed by atoms with Crippen molar-refractivity contribution < 1.29 is 13.2 Å². The second kappa shape index (κ2) is 9.69. The number of aryl methyl sites for hydroxylation is 2. The standard InChI is InChI=1S/C24H26N2O3S/c1-26(2)30(28,29)22-16-13-20(14-17-22)18-25-24(27)23-11-7-6-10-21(23)15-12-19-8-4-3-5-9-19/h3-11,13-14,16-17H,12,15,18H2,1-2H3,(H,25,27). The van der Waals surface area contributed by atoms with Crippen molar-refractivity contribution in [3.63, 3.8) is 0 Å². The highest BCUT2D eigenvalue weighted by Crippen LogP contribution is 2.15. The minimum atomic E-state index is -3.46. The van der Waals surface area contributed by atoms with Crippen LogP contribution in [0.1, 0.15) is 27.0 Å². The lowest BCUT2D eigenvalue weighted by molar-refractivity contribution is 0.0950. The number of carbonyl (C=O) groups is 1. The minimum absolute atomic E-state index is 0.136. The van der Waals surface area contributed by atoms with Crippen LogP contribution in [0, 0.1) is 0 Å². The van der Waals surface area contributed by atoms with Crippen LogP contribution in [0.25, 0.3) is 0 Å². The highest BCUT2D eigenvalue weighted by molar-refractivity contribution is 7.89. The molecule has 0 unspecified atom stereocenters. The van der Waals surface area contributed by atoms with Gasteiger partial charge in [-0.2, -0.15) is 0 Å². The maximum absolute atomic E-state index is 12.8. The third-order valence-corrected chi connectivity index (χ3v) is 6.77. The molecule has 1 amide bonds. The molecular formula is C24H26N2O3S. The highest BCUT2D eigenvalue weighted by Gasteiger charge is 2.17. The number of hydrogen-bond donors (Lipinski definition) is 1. The topological polar surface area (TPSA) is 66.5 Å². The van der Waals surface area contributed by atoms with Crippen LogP contribution < -0.4 is 5.32 Å². The zero-order valence-corrected chi connectivity index (χ0v) is 18.0. The van der Waals surface area contributed by atoms with E-state index in [-0.39, 0.29) is 10.8 Å². The van der Waals surface area contributed by atoms with E-state index in [9.17, 15) is 13.2 Å². The van der Waals surface area contributed by atoms with Gasteiger partial charge in [0, 0.05) is 26.2 Å². The maximum Gasteiger partial charge on any atom is 0.251 e. The summed E-state index contributed by atoms with van der Waals surface area (Å²) >= 11 is 0. The van der Waals surface area contributed by atoms with Crippen molar-refractivity contribution in [3.05, 3.63) is 101 Å². The number of benzene rings is 3. The fraction of sp³-hybridized carbons (Fsp3) is 0.208. The first-order valence-electron chi connectivity index (χ1n) is 9.79. The van der Waals surface area contributed by atoms with Gasteiger partial charge in [-0.05, 0) is 47.7 Å². The molecule has 0 heterocycles. The molecule has 1 N–H and O–H groups in total. The van der Waals surface area contributed by atoms with E-state index in [2.05, 4.69) is 17.4 Å². The molecule has 0 saturated heterocycles. The van der Waals surface area contributed by atoms with E-state index in [1.54, 1.807) is 24.3 Å². The second-order valence-corrected chi connectivity index (χ2v) is 9.41. The zero-order valence-electron chi connectivity index (χ0n) is 17.2. The Morgan fingerprint density at radius 1 is 0.800 bits per heavy atom. The summed E-state index contributed by atoms with van der Waals surface area (Å²) in [6.45, 7) is 0.328. The first-order valence-corrected chi connectivity index (χ1v) is 11.2. The number of carbonyl (C=O) groups excluding carboxylic acids is 1. The number of rotatable bonds is 8. The van der Waals surface area contributed by atoms with Crippen LogP contribution in [0.2, 0.25) is 0 Å². The molecule has 0 aliphatic rings. The van der Waals surface area contributed by atoms with Gasteiger partial charge >= 0.3 is 0 Å². The quantitative estimate of drug-likeness (QED) is 0.603. The molecule has 3 aromatic carbocycles. The molecule has 0 atom stereocenters. The fourth-order valence-electron chi connectivity index (χ4n) is 3.15. The number of sulfonamides is 1. The van der Waals surface area contributed by atoms with Gasteiger partial charge < -0.3 is 5.32 Å². The van der Waals surface area contributed by atoms with Gasteiger partial charge in [-0.25, -0.2) is 12.7 Å². The molecule has 0 radical (unpaired) electrons. The predicted molar refractivity (Wildman–Crippen MR) is 119 cm³/mol. The molecule has 0 fully saturated rings. The summed E-state index contributed by atoms with van der Waals surface area (Å²) in [7, 11) is -0.459. The van der Waals surface area contributed by atoms with E-state index in [1.807, 2.05) is 42.5 Å². The number of nitrogens with one attached hydrogen (secondary N) is 1. The lowest BCUT2D eigenvalue weighted by Gasteiger charge is -2.12. The van der Waals surface area contributed by atoms with Gasteiger partial charge in [-0.1, -0.05) is 60.7 Å². The summed E-state index contributed by atoms with van der Waals surface area (Å²) in [5.74, 6) is -0.136. The molecule has 0 aromatic heterocycles. The first kappa shape index (κ1) is 21.7. The average molecular weight is 423 g/mol. The monoisotopic (exact) mass is 422 g/mol. The molecule has 3 rings (SSSR count). The van der Waals surface area contributed by atoms with Gasteiger partial charge in [0.1, 0.15) is 0 Å². The molecule has 30 heavy (non-hydrogen) atoms. The van der Waals surface area contributed by atoms with Crippen LogP contribution in [0.4, 0.5) is 0 Å². The molecule has 0 aliphatic carbocycles. The Morgan fingerprint density at radius 3 is 2.10 bits per heavy atom. The second-order valence-electron chi connectivity index (χ2n) is 7.26. The lowest BCUT2D eigenvalue weighted by atomic mass is 9.99. The van der Waals surface area contributed by atoms with Crippen molar-refractivity contribution in [2.75, 3.05) is 14.1 Å². The highest BCUT2D eigenvalue weighted by atomic mass is 32.2. The van der Waals surface area contributed by atoms with Crippen molar-refractivity contribution in [2.45, 2.75) is 24.3 Å². The maximum atomic E-state index is 12.8. The van der Waals surface area contributed by atoms with Crippen LogP contribution >= 0.6 is 0 Å². The molecule has 5 nitrogen and oxygen atoms in total. The van der Waals surface area contributed by atoms with Gasteiger partial charge in [0.15, 0.2) is 0 Å². The number of amides is 1. The molecule has 6 heteroatoms. The molecule has 0 bridgehead atoms. The smallest absolute Gasteiger partial charge is 0.251 e. The van der Waals surface area contributed by atoms with Crippen molar-refractivity contribution in [2.24, 2.45) is 0 Å². The summed E-state index contributed by atoms with van der Waals surface area (Å²) in [4.78, 5) is 13.0. The number of hydrogen-bond acceptors (Lipinski definition) is 3. The summed E-state index contributed by atoms with van der Waals surface area (Å²) in [5, 5.41) is 2.94. The van der Waals surface area contributed by atoms with Crippen LogP contribution in [-0.4, -0.2) is 32.7 Å². The number of nitrogens with zero attached hydrogens (tertiary/aromatic N) is 1. The molecule has 3 aromatic rings. The van der Waals surface area contributed by atoms with E-state index in [1.165, 1.54) is 24.0 Å². The zero-order chi connectivity index (χ0) is 21.6. The van der Waals surface area contributed by atoms with E-state index in [0.717, 1.165) is 24.0 Å². The van der Waals surface area contributed by atoms with Crippen molar-refractivity contribution >= 4 is 15.9 Å². The van der Waals surface area contributed by atoms with Crippen LogP contribution in [-0.2, 0) is 29.4 Å². The Labute approximate surface area is 178 Å². The van der Waals surface area contributed by atoms with Crippen molar-refractivity contribution in [1.29, 1.82) is 0 Å². The Kier molecular flexibility index (Phi) is 7.03. The van der Waals surface area contributed by atoms with Gasteiger partial charge in [0.05, 0.1) is 4.90 Å². The minimum Gasteiger partial charge on any atom is -0.348 e.